The molecular weight excluding hydrogens is 332 g/mol. The van der Waals surface area contributed by atoms with E-state index in [2.05, 4.69) is 0 Å². The van der Waals surface area contributed by atoms with Crippen LogP contribution in [0.3, 0.4) is 0 Å². The molecule has 0 bridgehead atoms. The zero-order valence-electron chi connectivity index (χ0n) is 13.0. The molecule has 0 amide bonds. The average Bonchev–Trinajstić information content (AvgIpc) is 2.12. The van der Waals surface area contributed by atoms with Gasteiger partial charge >= 0.3 is 41.0 Å². The molecule has 0 aliphatic carbocycles. The van der Waals surface area contributed by atoms with Gasteiger partial charge in [0.2, 0.25) is 0 Å². The van der Waals surface area contributed by atoms with Crippen molar-refractivity contribution in [2.75, 3.05) is 5.75 Å². The molecule has 17 heteroatoms. The number of halogens is 3. The summed E-state index contributed by atoms with van der Waals surface area (Å²) in [6, 6.07) is 0. The summed E-state index contributed by atoms with van der Waals surface area (Å²) in [6.45, 7) is 1.98. The van der Waals surface area contributed by atoms with E-state index in [0.29, 0.717) is 6.42 Å². The largest absolute Gasteiger partial charge is 1.00 e. The second kappa shape index (κ2) is 23.5. The number of unbranched alkanes of at least 4 members (excludes halogenated alkanes) is 2. The van der Waals surface area contributed by atoms with Gasteiger partial charge in [-0.05, 0) is 6.42 Å². The van der Waals surface area contributed by atoms with E-state index < -0.39 is 32.3 Å². The summed E-state index contributed by atoms with van der Waals surface area (Å²) < 4.78 is 58.7. The van der Waals surface area contributed by atoms with Crippen LogP contribution in [0.25, 0.3) is 0 Å². The van der Waals surface area contributed by atoms with Gasteiger partial charge in [-0.15, -0.1) is 0 Å². The van der Waals surface area contributed by atoms with Crippen LogP contribution in [0.15, 0.2) is 0 Å². The molecular formula is C5H19B3F3LiO9S. The quantitative estimate of drug-likeness (QED) is 0.148. The molecule has 0 saturated heterocycles. The van der Waals surface area contributed by atoms with Crippen LogP contribution in [0.1, 0.15) is 27.6 Å². The Kier molecular flexibility index (Phi) is 36.1. The molecule has 0 aromatic carbocycles. The molecule has 0 aliphatic rings. The summed E-state index contributed by atoms with van der Waals surface area (Å²) in [5, 5.41) is 41.7. The maximum atomic E-state index is 10.1. The summed E-state index contributed by atoms with van der Waals surface area (Å²) in [6.07, 6.45) is 2.39. The molecule has 0 radical (unpaired) electrons. The van der Waals surface area contributed by atoms with Crippen LogP contribution >= 0.6 is 0 Å². The van der Waals surface area contributed by atoms with Crippen LogP contribution in [0.5, 0.6) is 0 Å². The first-order chi connectivity index (χ1) is 9.26. The van der Waals surface area contributed by atoms with Gasteiger partial charge < -0.3 is 31.6 Å². The van der Waals surface area contributed by atoms with Crippen LogP contribution < -0.4 is 18.9 Å². The second-order valence-electron chi connectivity index (χ2n) is 2.93. The van der Waals surface area contributed by atoms with Crippen LogP contribution in [0, 0.1) is 0 Å². The Morgan fingerprint density at radius 1 is 0.864 bits per heavy atom. The molecule has 7 N–H and O–H groups in total. The molecule has 0 rings (SSSR count). The van der Waals surface area contributed by atoms with Gasteiger partial charge in [0, 0.05) is 0 Å². The first-order valence-corrected chi connectivity index (χ1v) is 6.82. The molecule has 22 heavy (non-hydrogen) atoms. The average molecular weight is 352 g/mol. The minimum Gasteiger partial charge on any atom is -1.00 e. The Morgan fingerprint density at radius 2 is 1.09 bits per heavy atom. The van der Waals surface area contributed by atoms with Gasteiger partial charge in [0.25, 0.3) is 10.1 Å². The molecule has 0 unspecified atom stereocenters. The zero-order valence-corrected chi connectivity index (χ0v) is 12.9. The summed E-state index contributed by atoms with van der Waals surface area (Å²) in [4.78, 5) is 0. The van der Waals surface area contributed by atoms with Crippen molar-refractivity contribution in [1.82, 2.24) is 0 Å². The monoisotopic (exact) mass is 352 g/mol. The summed E-state index contributed by atoms with van der Waals surface area (Å²) in [7, 11) is -11.7. The molecule has 0 aromatic heterocycles. The van der Waals surface area contributed by atoms with Gasteiger partial charge in [-0.2, -0.15) is 8.42 Å². The number of rotatable bonds is 4. The second-order valence-corrected chi connectivity index (χ2v) is 4.50. The minimum atomic E-state index is -3.70. The normalized spacial score (nSPS) is 8.50. The summed E-state index contributed by atoms with van der Waals surface area (Å²) >= 11 is 0. The van der Waals surface area contributed by atoms with Gasteiger partial charge in [-0.3, -0.25) is 17.5 Å². The summed E-state index contributed by atoms with van der Waals surface area (Å²) in [5.41, 5.74) is 0. The third-order valence-corrected chi connectivity index (χ3v) is 1.81. The fraction of sp³-hybridized carbons (Fsp3) is 1.00. The molecule has 0 aromatic rings. The first kappa shape index (κ1) is 33.8. The van der Waals surface area contributed by atoms with Crippen molar-refractivity contribution in [3.8, 4) is 0 Å². The van der Waals surface area contributed by atoms with Crippen molar-refractivity contribution in [3.05, 3.63) is 0 Å². The Balaban J connectivity index is -0.0000000444. The Labute approximate surface area is 141 Å². The molecule has 0 atom stereocenters. The van der Waals surface area contributed by atoms with Gasteiger partial charge in [-0.25, -0.2) is 0 Å². The molecule has 0 fully saturated rings. The van der Waals surface area contributed by atoms with Gasteiger partial charge in [0.15, 0.2) is 0 Å². The van der Waals surface area contributed by atoms with Crippen LogP contribution in [0.4, 0.5) is 12.9 Å². The van der Waals surface area contributed by atoms with Crippen molar-refractivity contribution in [3.63, 3.8) is 0 Å². The maximum Gasteiger partial charge on any atom is 1.00 e. The van der Waals surface area contributed by atoms with E-state index in [4.69, 9.17) is 34.7 Å². The van der Waals surface area contributed by atoms with Crippen LogP contribution in [-0.2, 0) is 10.1 Å². The van der Waals surface area contributed by atoms with Crippen molar-refractivity contribution >= 4 is 32.3 Å². The van der Waals surface area contributed by atoms with Gasteiger partial charge in [-0.1, -0.05) is 19.8 Å². The summed E-state index contributed by atoms with van der Waals surface area (Å²) in [5.74, 6) is -0.0964. The zero-order chi connectivity index (χ0) is 18.1. The van der Waals surface area contributed by atoms with Crippen molar-refractivity contribution in [2.45, 2.75) is 26.2 Å². The molecule has 0 saturated carbocycles. The molecule has 9 nitrogen and oxygen atoms in total. The first-order valence-electron chi connectivity index (χ1n) is 5.22. The van der Waals surface area contributed by atoms with Crippen molar-refractivity contribution in [1.29, 1.82) is 0 Å². The van der Waals surface area contributed by atoms with Crippen molar-refractivity contribution < 1.29 is 76.3 Å². The van der Waals surface area contributed by atoms with E-state index in [1.165, 1.54) is 0 Å². The van der Waals surface area contributed by atoms with Crippen LogP contribution in [0.2, 0.25) is 0 Å². The fourth-order valence-corrected chi connectivity index (χ4v) is 1.10. The molecule has 0 heterocycles. The molecule has 0 spiro atoms. The van der Waals surface area contributed by atoms with Crippen molar-refractivity contribution in [2.24, 2.45) is 0 Å². The van der Waals surface area contributed by atoms with E-state index in [1.807, 2.05) is 6.92 Å². The Hall–Kier alpha value is 0.252. The van der Waals surface area contributed by atoms with E-state index >= 15 is 0 Å². The predicted molar refractivity (Wildman–Crippen MR) is 71.0 cm³/mol. The SMILES string of the molecule is CCCCCS(=O)(=O)O.OB(O)F.OB(O)F.OB(O)F.[H-].[Li+]. The standard InChI is InChI=1S/C5H12O3S.3BFH2O2.Li.H/c1-2-3-4-5-9(6,7)8;3*2-1(3)4;;/h2-5H2,1H3,(H,6,7,8);3*3-4H;;/q;;;;+1;-1. The number of hydrogen-bond donors (Lipinski definition) is 7. The third kappa shape index (κ3) is 192. The molecule has 0 aliphatic heterocycles. The Bertz CT molecular complexity index is 269. The minimum absolute atomic E-state index is 0. The molecule has 130 valence electrons. The topological polar surface area (TPSA) is 176 Å². The Morgan fingerprint density at radius 3 is 1.23 bits per heavy atom. The van der Waals surface area contributed by atoms with E-state index in [1.54, 1.807) is 0 Å². The van der Waals surface area contributed by atoms with Crippen LogP contribution in [-0.4, -0.2) is 71.1 Å². The number of hydrogen-bond acceptors (Lipinski definition) is 8. The third-order valence-electron chi connectivity index (χ3n) is 1.01. The maximum absolute atomic E-state index is 10.1. The van der Waals surface area contributed by atoms with Gasteiger partial charge in [0.1, 0.15) is 0 Å². The van der Waals surface area contributed by atoms with E-state index in [9.17, 15) is 21.4 Å². The van der Waals surface area contributed by atoms with Gasteiger partial charge in [0.05, 0.1) is 5.75 Å². The smallest absolute Gasteiger partial charge is 1.00 e. The van der Waals surface area contributed by atoms with E-state index in [0.717, 1.165) is 12.8 Å². The predicted octanol–water partition coefficient (Wildman–Crippen LogP) is -5.04. The fourth-order valence-electron chi connectivity index (χ4n) is 0.534. The van der Waals surface area contributed by atoms with E-state index in [-0.39, 0.29) is 26.0 Å².